The predicted octanol–water partition coefficient (Wildman–Crippen LogP) is 5.85. The lowest BCUT2D eigenvalue weighted by molar-refractivity contribution is -0.141. The van der Waals surface area contributed by atoms with Crippen LogP contribution in [-0.2, 0) is 18.2 Å². The summed E-state index contributed by atoms with van der Waals surface area (Å²) in [6.45, 7) is 7.07. The van der Waals surface area contributed by atoms with Crippen LogP contribution in [0.1, 0.15) is 44.8 Å². The van der Waals surface area contributed by atoms with Gasteiger partial charge in [0, 0.05) is 24.1 Å². The summed E-state index contributed by atoms with van der Waals surface area (Å²) in [6.07, 6.45) is -1.09. The molecule has 0 bridgehead atoms. The van der Waals surface area contributed by atoms with E-state index in [-0.39, 0.29) is 17.4 Å². The Balaban J connectivity index is 1.85. The third-order valence-corrected chi connectivity index (χ3v) is 4.44. The molecule has 32 heavy (non-hydrogen) atoms. The fourth-order valence-electron chi connectivity index (χ4n) is 2.93. The fourth-order valence-corrected chi connectivity index (χ4v) is 2.93. The molecule has 3 aromatic rings. The molecule has 0 aliphatic rings. The van der Waals surface area contributed by atoms with Crippen molar-refractivity contribution in [2.45, 2.75) is 45.9 Å². The Kier molecular flexibility index (Phi) is 6.68. The van der Waals surface area contributed by atoms with Gasteiger partial charge in [-0.1, -0.05) is 13.8 Å². The minimum atomic E-state index is -4.52. The van der Waals surface area contributed by atoms with E-state index in [1.165, 1.54) is 12.3 Å². The third-order valence-electron chi connectivity index (χ3n) is 4.44. The quantitative estimate of drug-likeness (QED) is 0.474. The number of aliphatic hydroxyl groups is 1. The topological polar surface area (TPSA) is 80.2 Å². The van der Waals surface area contributed by atoms with Gasteiger partial charge in [-0.2, -0.15) is 13.2 Å². The van der Waals surface area contributed by atoms with Crippen LogP contribution in [0.15, 0.2) is 48.8 Å². The highest BCUT2D eigenvalue weighted by molar-refractivity contribution is 5.58. The molecule has 0 saturated heterocycles. The highest BCUT2D eigenvalue weighted by atomic mass is 19.4. The SMILES string of the molecule is CC(C)Cc1nc(C(F)(F)F)ccc1Oc1ccnc(Nc2ccnc(C(C)(C)O)c2)c1. The van der Waals surface area contributed by atoms with Crippen LogP contribution in [-0.4, -0.2) is 20.1 Å². The van der Waals surface area contributed by atoms with E-state index in [1.54, 1.807) is 44.3 Å². The molecular formula is C23H25F3N4O2. The number of halogens is 3. The minimum Gasteiger partial charge on any atom is -0.455 e. The Morgan fingerprint density at radius 3 is 2.38 bits per heavy atom. The average Bonchev–Trinajstić information content (AvgIpc) is 2.68. The number of anilines is 2. The first kappa shape index (κ1) is 23.5. The molecule has 0 fully saturated rings. The zero-order valence-electron chi connectivity index (χ0n) is 18.2. The van der Waals surface area contributed by atoms with Gasteiger partial charge in [0.1, 0.15) is 28.6 Å². The molecule has 3 aromatic heterocycles. The minimum absolute atomic E-state index is 0.0969. The first-order valence-electron chi connectivity index (χ1n) is 10.1. The lowest BCUT2D eigenvalue weighted by Crippen LogP contribution is -2.17. The summed E-state index contributed by atoms with van der Waals surface area (Å²) in [5.41, 5.74) is -0.649. The second-order valence-electron chi connectivity index (χ2n) is 8.33. The summed E-state index contributed by atoms with van der Waals surface area (Å²) in [5, 5.41) is 13.3. The molecule has 0 radical (unpaired) electrons. The molecule has 2 N–H and O–H groups in total. The second kappa shape index (κ2) is 9.12. The zero-order chi connectivity index (χ0) is 23.5. The van der Waals surface area contributed by atoms with Crippen LogP contribution in [0.5, 0.6) is 11.5 Å². The monoisotopic (exact) mass is 446 g/mol. The number of pyridine rings is 3. The van der Waals surface area contributed by atoms with Crippen molar-refractivity contribution in [1.82, 2.24) is 15.0 Å². The first-order chi connectivity index (χ1) is 14.9. The van der Waals surface area contributed by atoms with E-state index >= 15 is 0 Å². The number of hydrogen-bond donors (Lipinski definition) is 2. The van der Waals surface area contributed by atoms with Crippen LogP contribution in [0.4, 0.5) is 24.7 Å². The van der Waals surface area contributed by atoms with Gasteiger partial charge in [0.25, 0.3) is 0 Å². The van der Waals surface area contributed by atoms with Gasteiger partial charge >= 0.3 is 6.18 Å². The van der Waals surface area contributed by atoms with E-state index in [4.69, 9.17) is 4.74 Å². The number of aromatic nitrogens is 3. The van der Waals surface area contributed by atoms with Gasteiger partial charge in [-0.05, 0) is 56.5 Å². The maximum atomic E-state index is 13.1. The summed E-state index contributed by atoms with van der Waals surface area (Å²) in [7, 11) is 0. The normalized spacial score (nSPS) is 12.2. The van der Waals surface area contributed by atoms with Gasteiger partial charge in [-0.3, -0.25) is 4.98 Å². The van der Waals surface area contributed by atoms with Crippen molar-refractivity contribution in [1.29, 1.82) is 0 Å². The Labute approximate surface area is 184 Å². The van der Waals surface area contributed by atoms with Gasteiger partial charge in [-0.15, -0.1) is 0 Å². The van der Waals surface area contributed by atoms with Crippen molar-refractivity contribution >= 4 is 11.5 Å². The molecule has 3 rings (SSSR count). The Hall–Kier alpha value is -3.20. The van der Waals surface area contributed by atoms with Crippen LogP contribution in [0, 0.1) is 5.92 Å². The van der Waals surface area contributed by atoms with E-state index in [0.717, 1.165) is 6.07 Å². The molecule has 0 aliphatic carbocycles. The summed E-state index contributed by atoms with van der Waals surface area (Å²) >= 11 is 0. The van der Waals surface area contributed by atoms with Crippen LogP contribution in [0.3, 0.4) is 0 Å². The lowest BCUT2D eigenvalue weighted by Gasteiger charge is -2.17. The molecule has 0 spiro atoms. The fraction of sp³-hybridized carbons (Fsp3) is 0.348. The van der Waals surface area contributed by atoms with Crippen molar-refractivity contribution in [3.05, 3.63) is 65.9 Å². The van der Waals surface area contributed by atoms with Crippen molar-refractivity contribution < 1.29 is 23.0 Å². The van der Waals surface area contributed by atoms with Gasteiger partial charge in [-0.25, -0.2) is 9.97 Å². The van der Waals surface area contributed by atoms with E-state index in [2.05, 4.69) is 20.3 Å². The van der Waals surface area contributed by atoms with Gasteiger partial charge < -0.3 is 15.2 Å². The summed E-state index contributed by atoms with van der Waals surface area (Å²) in [5.74, 6) is 1.21. The second-order valence-corrected chi connectivity index (χ2v) is 8.33. The smallest absolute Gasteiger partial charge is 0.433 e. The number of ether oxygens (including phenoxy) is 1. The van der Waals surface area contributed by atoms with Crippen molar-refractivity contribution in [3.8, 4) is 11.5 Å². The molecule has 0 unspecified atom stereocenters. The Morgan fingerprint density at radius 1 is 1.00 bits per heavy atom. The molecule has 6 nitrogen and oxygen atoms in total. The lowest BCUT2D eigenvalue weighted by atomic mass is 10.0. The maximum absolute atomic E-state index is 13.1. The number of hydrogen-bond acceptors (Lipinski definition) is 6. The van der Waals surface area contributed by atoms with Crippen LogP contribution in [0.25, 0.3) is 0 Å². The van der Waals surface area contributed by atoms with Crippen LogP contribution < -0.4 is 10.1 Å². The number of rotatable bonds is 7. The molecule has 0 atom stereocenters. The van der Waals surface area contributed by atoms with Crippen LogP contribution in [0.2, 0.25) is 0 Å². The number of alkyl halides is 3. The third kappa shape index (κ3) is 6.16. The van der Waals surface area contributed by atoms with Gasteiger partial charge in [0.15, 0.2) is 0 Å². The number of nitrogens with one attached hydrogen (secondary N) is 1. The molecule has 0 amide bonds. The summed E-state index contributed by atoms with van der Waals surface area (Å²) < 4.78 is 45.1. The summed E-state index contributed by atoms with van der Waals surface area (Å²) in [6, 6.07) is 8.87. The van der Waals surface area contributed by atoms with Gasteiger partial charge in [0.05, 0.1) is 11.4 Å². The molecule has 170 valence electrons. The Morgan fingerprint density at radius 2 is 1.72 bits per heavy atom. The van der Waals surface area contributed by atoms with Crippen molar-refractivity contribution in [3.63, 3.8) is 0 Å². The first-order valence-corrected chi connectivity index (χ1v) is 10.1. The molecule has 9 heteroatoms. The highest BCUT2D eigenvalue weighted by Gasteiger charge is 2.33. The van der Waals surface area contributed by atoms with E-state index < -0.39 is 17.5 Å². The molecule has 0 saturated carbocycles. The molecule has 0 aliphatic heterocycles. The summed E-state index contributed by atoms with van der Waals surface area (Å²) in [4.78, 5) is 12.2. The number of nitrogens with zero attached hydrogens (tertiary/aromatic N) is 3. The van der Waals surface area contributed by atoms with Crippen molar-refractivity contribution in [2.75, 3.05) is 5.32 Å². The Bertz CT molecular complexity index is 1080. The van der Waals surface area contributed by atoms with E-state index in [0.29, 0.717) is 29.4 Å². The molecule has 0 aromatic carbocycles. The standard InChI is InChI=1S/C23H25F3N4O2/c1-14(2)11-17-18(5-6-19(30-17)23(24,25)26)32-16-8-10-28-21(13-16)29-15-7-9-27-20(12-15)22(3,4)31/h5-10,12-14,31H,11H2,1-4H3,(H,27,28,29). The van der Waals surface area contributed by atoms with E-state index in [1.807, 2.05) is 13.8 Å². The largest absolute Gasteiger partial charge is 0.455 e. The van der Waals surface area contributed by atoms with Crippen molar-refractivity contribution in [2.24, 2.45) is 5.92 Å². The van der Waals surface area contributed by atoms with Gasteiger partial charge in [0.2, 0.25) is 0 Å². The molecular weight excluding hydrogens is 421 g/mol. The predicted molar refractivity (Wildman–Crippen MR) is 115 cm³/mol. The molecule has 3 heterocycles. The maximum Gasteiger partial charge on any atom is 0.433 e. The highest BCUT2D eigenvalue weighted by Crippen LogP contribution is 2.33. The van der Waals surface area contributed by atoms with E-state index in [9.17, 15) is 18.3 Å². The zero-order valence-corrected chi connectivity index (χ0v) is 18.2. The van der Waals surface area contributed by atoms with Crippen LogP contribution >= 0.6 is 0 Å². The average molecular weight is 446 g/mol.